The molecule has 2 N–H and O–H groups in total. The van der Waals surface area contributed by atoms with Crippen LogP contribution in [0.4, 0.5) is 11.4 Å². The Balaban J connectivity index is 1.50. The third-order valence-corrected chi connectivity index (χ3v) is 5.28. The van der Waals surface area contributed by atoms with E-state index < -0.39 is 5.92 Å². The number of anilines is 1. The molecule has 4 heteroatoms. The zero-order valence-electron chi connectivity index (χ0n) is 15.5. The van der Waals surface area contributed by atoms with Gasteiger partial charge in [0.2, 0.25) is 5.91 Å². The minimum atomic E-state index is -0.442. The highest BCUT2D eigenvalue weighted by Gasteiger charge is 2.29. The number of phenolic OH excluding ortho intramolecular Hbond substituents is 1. The lowest BCUT2D eigenvalue weighted by atomic mass is 9.98. The number of rotatable bonds is 3. The van der Waals surface area contributed by atoms with Crippen molar-refractivity contribution >= 4 is 34.3 Å². The molecule has 0 saturated carbocycles. The van der Waals surface area contributed by atoms with Gasteiger partial charge in [-0.1, -0.05) is 66.7 Å². The van der Waals surface area contributed by atoms with Crippen LogP contribution in [0.15, 0.2) is 89.9 Å². The highest BCUT2D eigenvalue weighted by molar-refractivity contribution is 6.13. The summed E-state index contributed by atoms with van der Waals surface area (Å²) >= 11 is 0. The lowest BCUT2D eigenvalue weighted by Gasteiger charge is -2.07. The van der Waals surface area contributed by atoms with Crippen molar-refractivity contribution in [3.63, 3.8) is 0 Å². The molecular formula is C25H18N2O2. The van der Waals surface area contributed by atoms with Crippen molar-refractivity contribution in [1.29, 1.82) is 0 Å². The summed E-state index contributed by atoms with van der Waals surface area (Å²) < 4.78 is 0. The van der Waals surface area contributed by atoms with Crippen molar-refractivity contribution in [2.75, 3.05) is 5.32 Å². The normalized spacial score (nSPS) is 15.6. The van der Waals surface area contributed by atoms with Crippen molar-refractivity contribution in [2.45, 2.75) is 5.92 Å². The highest BCUT2D eigenvalue weighted by Crippen LogP contribution is 2.36. The first-order valence-corrected chi connectivity index (χ1v) is 9.46. The van der Waals surface area contributed by atoms with Crippen molar-refractivity contribution in [1.82, 2.24) is 0 Å². The lowest BCUT2D eigenvalue weighted by molar-refractivity contribution is -0.115. The predicted molar refractivity (Wildman–Crippen MR) is 117 cm³/mol. The number of hydrogen-bond acceptors (Lipinski definition) is 3. The average Bonchev–Trinajstić information content (AvgIpc) is 3.08. The molecule has 0 fully saturated rings. The van der Waals surface area contributed by atoms with Crippen LogP contribution < -0.4 is 5.32 Å². The zero-order valence-corrected chi connectivity index (χ0v) is 15.5. The van der Waals surface area contributed by atoms with Crippen molar-refractivity contribution in [3.05, 3.63) is 90.5 Å². The van der Waals surface area contributed by atoms with Crippen LogP contribution in [0.5, 0.6) is 5.75 Å². The Morgan fingerprint density at radius 2 is 1.59 bits per heavy atom. The molecule has 4 nitrogen and oxygen atoms in total. The Labute approximate surface area is 168 Å². The Morgan fingerprint density at radius 1 is 0.828 bits per heavy atom. The third-order valence-electron chi connectivity index (χ3n) is 5.28. The molecule has 4 aromatic carbocycles. The molecule has 1 unspecified atom stereocenters. The number of phenols is 1. The molecule has 0 spiro atoms. The van der Waals surface area contributed by atoms with Gasteiger partial charge in [-0.05, 0) is 34.9 Å². The molecule has 4 aromatic rings. The average molecular weight is 378 g/mol. The third kappa shape index (κ3) is 3.05. The molecule has 1 amide bonds. The largest absolute Gasteiger partial charge is 0.507 e. The number of carbonyl (C=O) groups excluding carboxylic acids is 1. The number of nitrogens with zero attached hydrogens (tertiary/aromatic N) is 1. The quantitative estimate of drug-likeness (QED) is 0.453. The number of carbonyl (C=O) groups is 1. The second-order valence-electron chi connectivity index (χ2n) is 7.06. The minimum Gasteiger partial charge on any atom is -0.507 e. The SMILES string of the molecule is O=C1Nc2cc(-c3ccccc3)ccc2C1C=Nc1ccc(O)c2ccccc12. The minimum absolute atomic E-state index is 0.0861. The van der Waals surface area contributed by atoms with E-state index in [-0.39, 0.29) is 11.7 Å². The van der Waals surface area contributed by atoms with Gasteiger partial charge in [-0.25, -0.2) is 0 Å². The molecular weight excluding hydrogens is 360 g/mol. The molecule has 1 atom stereocenters. The van der Waals surface area contributed by atoms with Crippen molar-refractivity contribution in [3.8, 4) is 16.9 Å². The van der Waals surface area contributed by atoms with Gasteiger partial charge in [0.05, 0.1) is 5.69 Å². The Kier molecular flexibility index (Phi) is 4.10. The topological polar surface area (TPSA) is 61.7 Å². The second kappa shape index (κ2) is 6.91. The van der Waals surface area contributed by atoms with Gasteiger partial charge in [0, 0.05) is 22.7 Å². The van der Waals surface area contributed by atoms with Crippen LogP contribution in [0, 0.1) is 0 Å². The van der Waals surface area contributed by atoms with Crippen LogP contribution in [0.2, 0.25) is 0 Å². The highest BCUT2D eigenvalue weighted by atomic mass is 16.3. The first-order chi connectivity index (χ1) is 14.2. The van der Waals surface area contributed by atoms with Gasteiger partial charge in [-0.2, -0.15) is 0 Å². The molecule has 140 valence electrons. The summed E-state index contributed by atoms with van der Waals surface area (Å²) in [5.74, 6) is -0.309. The number of amides is 1. The van der Waals surface area contributed by atoms with Crippen LogP contribution in [-0.2, 0) is 4.79 Å². The zero-order chi connectivity index (χ0) is 19.8. The van der Waals surface area contributed by atoms with E-state index in [1.54, 1.807) is 18.3 Å². The Morgan fingerprint density at radius 3 is 2.41 bits per heavy atom. The van der Waals surface area contributed by atoms with E-state index in [2.05, 4.69) is 10.3 Å². The molecule has 5 rings (SSSR count). The van der Waals surface area contributed by atoms with Gasteiger partial charge in [0.1, 0.15) is 11.7 Å². The monoisotopic (exact) mass is 378 g/mol. The summed E-state index contributed by atoms with van der Waals surface area (Å²) in [6, 6.07) is 27.0. The maximum absolute atomic E-state index is 12.6. The van der Waals surface area contributed by atoms with Crippen molar-refractivity contribution < 1.29 is 9.90 Å². The first kappa shape index (κ1) is 17.2. The second-order valence-corrected chi connectivity index (χ2v) is 7.06. The van der Waals surface area contributed by atoms with Gasteiger partial charge in [0.15, 0.2) is 0 Å². The molecule has 0 bridgehead atoms. The summed E-state index contributed by atoms with van der Waals surface area (Å²) in [7, 11) is 0. The van der Waals surface area contributed by atoms with Gasteiger partial charge >= 0.3 is 0 Å². The van der Waals surface area contributed by atoms with E-state index in [1.807, 2.05) is 72.8 Å². The lowest BCUT2D eigenvalue weighted by Crippen LogP contribution is -2.12. The summed E-state index contributed by atoms with van der Waals surface area (Å²) in [5, 5.41) is 14.6. The van der Waals surface area contributed by atoms with Crippen LogP contribution in [0.1, 0.15) is 11.5 Å². The summed E-state index contributed by atoms with van der Waals surface area (Å²) in [4.78, 5) is 17.2. The van der Waals surface area contributed by atoms with Gasteiger partial charge < -0.3 is 10.4 Å². The Bertz CT molecular complexity index is 1260. The number of hydrogen-bond donors (Lipinski definition) is 2. The molecule has 0 aliphatic carbocycles. The fourth-order valence-corrected chi connectivity index (χ4v) is 3.78. The smallest absolute Gasteiger partial charge is 0.237 e. The Hall–Kier alpha value is -3.92. The molecule has 1 aliphatic heterocycles. The van der Waals surface area contributed by atoms with E-state index in [4.69, 9.17) is 0 Å². The van der Waals surface area contributed by atoms with E-state index in [9.17, 15) is 9.90 Å². The molecule has 0 saturated heterocycles. The van der Waals surface area contributed by atoms with Crippen LogP contribution in [0.3, 0.4) is 0 Å². The predicted octanol–water partition coefficient (Wildman–Crippen LogP) is 5.65. The fourth-order valence-electron chi connectivity index (χ4n) is 3.78. The maximum atomic E-state index is 12.6. The molecule has 0 radical (unpaired) electrons. The fraction of sp³-hybridized carbons (Fsp3) is 0.0400. The first-order valence-electron chi connectivity index (χ1n) is 9.46. The number of nitrogens with one attached hydrogen (secondary N) is 1. The van der Waals surface area contributed by atoms with E-state index in [0.717, 1.165) is 38.8 Å². The van der Waals surface area contributed by atoms with Gasteiger partial charge in [-0.15, -0.1) is 0 Å². The molecule has 1 heterocycles. The van der Waals surface area contributed by atoms with E-state index in [1.165, 1.54) is 0 Å². The number of aromatic hydroxyl groups is 1. The number of benzene rings is 4. The molecule has 0 aromatic heterocycles. The van der Waals surface area contributed by atoms with Gasteiger partial charge in [0.25, 0.3) is 0 Å². The molecule has 29 heavy (non-hydrogen) atoms. The summed E-state index contributed by atoms with van der Waals surface area (Å²) in [6.45, 7) is 0. The van der Waals surface area contributed by atoms with E-state index >= 15 is 0 Å². The number of fused-ring (bicyclic) bond motifs is 2. The van der Waals surface area contributed by atoms with Crippen LogP contribution in [0.25, 0.3) is 21.9 Å². The van der Waals surface area contributed by atoms with Gasteiger partial charge in [-0.3, -0.25) is 9.79 Å². The molecule has 1 aliphatic rings. The number of aliphatic imine (C=N–C) groups is 1. The standard InChI is InChI=1S/C25H18N2O2/c28-24-13-12-22(18-8-4-5-9-20(18)24)26-15-21-19-11-10-17(14-23(19)27-25(21)29)16-6-2-1-3-7-16/h1-15,21,28H,(H,27,29). The van der Waals surface area contributed by atoms with Crippen LogP contribution >= 0.6 is 0 Å². The van der Waals surface area contributed by atoms with Crippen molar-refractivity contribution in [2.24, 2.45) is 4.99 Å². The summed E-state index contributed by atoms with van der Waals surface area (Å²) in [5.41, 5.74) is 4.63. The maximum Gasteiger partial charge on any atom is 0.237 e. The summed E-state index contributed by atoms with van der Waals surface area (Å²) in [6.07, 6.45) is 1.68. The van der Waals surface area contributed by atoms with E-state index in [0.29, 0.717) is 0 Å². The van der Waals surface area contributed by atoms with Crippen LogP contribution in [-0.4, -0.2) is 17.2 Å².